The first kappa shape index (κ1) is 29.3. The van der Waals surface area contributed by atoms with E-state index in [2.05, 4.69) is 0 Å². The van der Waals surface area contributed by atoms with Crippen molar-refractivity contribution in [3.63, 3.8) is 0 Å². The van der Waals surface area contributed by atoms with Gasteiger partial charge in [-0.2, -0.15) is 0 Å². The Morgan fingerprint density at radius 3 is 0.727 bits per heavy atom. The van der Waals surface area contributed by atoms with Gasteiger partial charge in [0.05, 0.1) is 0 Å². The van der Waals surface area contributed by atoms with Crippen LogP contribution in [0.4, 0.5) is 0 Å². The average Bonchev–Trinajstić information content (AvgIpc) is 1.70. The van der Waals surface area contributed by atoms with Crippen LogP contribution < -0.4 is 0 Å². The van der Waals surface area contributed by atoms with Crippen LogP contribution in [-0.2, 0) is 0 Å². The number of rotatable bonds is 0. The van der Waals surface area contributed by atoms with Crippen molar-refractivity contribution >= 4 is 71.0 Å². The van der Waals surface area contributed by atoms with Gasteiger partial charge in [0.1, 0.15) is 0 Å². The second-order valence-electron chi connectivity index (χ2n) is 0.802. The van der Waals surface area contributed by atoms with Gasteiger partial charge in [0.25, 0.3) is 0 Å². The summed E-state index contributed by atoms with van der Waals surface area (Å²) < 4.78 is 0. The zero-order valence-electron chi connectivity index (χ0n) is 6.83. The van der Waals surface area contributed by atoms with Crippen LogP contribution in [0.5, 0.6) is 0 Å². The SMILES string of the molecule is CCCl.CCCl.CCCl.[Al].[LiH]. The zero-order chi connectivity index (χ0) is 8.12. The minimum atomic E-state index is 0. The Morgan fingerprint density at radius 2 is 0.727 bits per heavy atom. The number of hydrogen-bond acceptors (Lipinski definition) is 0. The third-order valence-corrected chi connectivity index (χ3v) is 0. The molecule has 0 atom stereocenters. The monoisotopic (exact) mass is 227 g/mol. The van der Waals surface area contributed by atoms with Crippen molar-refractivity contribution in [1.82, 2.24) is 0 Å². The molecule has 5 heteroatoms. The Bertz CT molecular complexity index is 22.5. The molecule has 0 aliphatic heterocycles. The summed E-state index contributed by atoms with van der Waals surface area (Å²) in [5.74, 6) is 2.17. The topological polar surface area (TPSA) is 0 Å². The number of hydrogen-bond donors (Lipinski definition) is 0. The van der Waals surface area contributed by atoms with Crippen LogP contribution in [0.2, 0.25) is 0 Å². The van der Waals surface area contributed by atoms with E-state index in [0.717, 1.165) is 17.6 Å². The van der Waals surface area contributed by atoms with Gasteiger partial charge >= 0.3 is 18.9 Å². The maximum atomic E-state index is 5.00. The van der Waals surface area contributed by atoms with Gasteiger partial charge in [-0.3, -0.25) is 0 Å². The molecule has 0 bridgehead atoms. The first-order valence-electron chi connectivity index (χ1n) is 2.92. The standard InChI is InChI=1S/3C2H5Cl.Al.Li.H/c3*1-2-3;;;/h3*2H2,1H3;;;. The summed E-state index contributed by atoms with van der Waals surface area (Å²) in [4.78, 5) is 0. The predicted molar refractivity (Wildman–Crippen MR) is 62.1 cm³/mol. The summed E-state index contributed by atoms with van der Waals surface area (Å²) in [7, 11) is 0. The molecule has 0 aromatic carbocycles. The van der Waals surface area contributed by atoms with Gasteiger partial charge in [0.2, 0.25) is 0 Å². The Kier molecular flexibility index (Phi) is 154. The average molecular weight is 228 g/mol. The molecule has 0 saturated heterocycles. The van der Waals surface area contributed by atoms with Crippen LogP contribution in [0.15, 0.2) is 0 Å². The molecule has 0 spiro atoms. The van der Waals surface area contributed by atoms with Gasteiger partial charge in [0, 0.05) is 35.0 Å². The first-order chi connectivity index (χ1) is 4.24. The molecule has 0 fully saturated rings. The Hall–Kier alpha value is 2.00. The van der Waals surface area contributed by atoms with E-state index < -0.39 is 0 Å². The predicted octanol–water partition coefficient (Wildman–Crippen LogP) is 2.71. The van der Waals surface area contributed by atoms with E-state index in [0.29, 0.717) is 0 Å². The van der Waals surface area contributed by atoms with Gasteiger partial charge in [-0.15, -0.1) is 34.8 Å². The number of halogens is 3. The maximum absolute atomic E-state index is 5.00. The molecule has 0 aromatic rings. The molecule has 0 amide bonds. The second kappa shape index (κ2) is 58.1. The fourth-order valence-corrected chi connectivity index (χ4v) is 0. The molecule has 0 saturated carbocycles. The van der Waals surface area contributed by atoms with Crippen molar-refractivity contribution in [2.24, 2.45) is 0 Å². The molecule has 65 valence electrons. The molecule has 0 heterocycles. The second-order valence-corrected chi connectivity index (χ2v) is 2.41. The van der Waals surface area contributed by atoms with Crippen LogP contribution >= 0.6 is 34.8 Å². The van der Waals surface area contributed by atoms with E-state index >= 15 is 0 Å². The van der Waals surface area contributed by atoms with Crippen LogP contribution in [0, 0.1) is 0 Å². The van der Waals surface area contributed by atoms with E-state index in [1.54, 1.807) is 0 Å². The van der Waals surface area contributed by atoms with E-state index in [9.17, 15) is 0 Å². The summed E-state index contributed by atoms with van der Waals surface area (Å²) in [6.45, 7) is 5.67. The zero-order valence-corrected chi connectivity index (χ0v) is 10.3. The molecule has 0 nitrogen and oxygen atoms in total. The Balaban J connectivity index is -0.0000000150. The third-order valence-electron chi connectivity index (χ3n) is 0. The molecule has 0 aliphatic carbocycles. The van der Waals surface area contributed by atoms with Gasteiger partial charge in [-0.1, -0.05) is 20.8 Å². The molecule has 11 heavy (non-hydrogen) atoms. The normalized spacial score (nSPS) is 4.91. The fraction of sp³-hybridized carbons (Fsp3) is 1.00. The minimum absolute atomic E-state index is 0. The quantitative estimate of drug-likeness (QED) is 0.442. The van der Waals surface area contributed by atoms with Crippen molar-refractivity contribution in [3.8, 4) is 0 Å². The van der Waals surface area contributed by atoms with E-state index in [1.807, 2.05) is 20.8 Å². The molecular formula is C6H16AlCl3Li. The molecule has 3 radical (unpaired) electrons. The molecule has 0 rings (SSSR count). The van der Waals surface area contributed by atoms with Crippen LogP contribution in [0.1, 0.15) is 20.8 Å². The first-order valence-corrected chi connectivity index (χ1v) is 4.53. The fourth-order valence-electron chi connectivity index (χ4n) is 0. The summed E-state index contributed by atoms with van der Waals surface area (Å²) in [5, 5.41) is 0. The van der Waals surface area contributed by atoms with E-state index in [1.165, 1.54) is 0 Å². The molecule has 0 N–H and O–H groups in total. The molecular weight excluding hydrogens is 212 g/mol. The van der Waals surface area contributed by atoms with Crippen LogP contribution in [0.25, 0.3) is 0 Å². The Labute approximate surface area is 109 Å². The van der Waals surface area contributed by atoms with Crippen molar-refractivity contribution in [3.05, 3.63) is 0 Å². The van der Waals surface area contributed by atoms with Crippen molar-refractivity contribution in [2.45, 2.75) is 20.8 Å². The summed E-state index contributed by atoms with van der Waals surface area (Å²) >= 11 is 15.0. The van der Waals surface area contributed by atoms with Gasteiger partial charge in [-0.05, 0) is 0 Å². The molecule has 0 aliphatic rings. The van der Waals surface area contributed by atoms with Gasteiger partial charge in [0.15, 0.2) is 0 Å². The van der Waals surface area contributed by atoms with Crippen LogP contribution in [-0.4, -0.2) is 53.9 Å². The van der Waals surface area contributed by atoms with E-state index in [-0.39, 0.29) is 36.2 Å². The van der Waals surface area contributed by atoms with Crippen molar-refractivity contribution in [1.29, 1.82) is 0 Å². The Morgan fingerprint density at radius 1 is 0.727 bits per heavy atom. The van der Waals surface area contributed by atoms with Gasteiger partial charge < -0.3 is 0 Å². The molecule has 0 unspecified atom stereocenters. The summed E-state index contributed by atoms with van der Waals surface area (Å²) in [6, 6.07) is 0. The van der Waals surface area contributed by atoms with Gasteiger partial charge in [-0.25, -0.2) is 0 Å². The van der Waals surface area contributed by atoms with Crippen molar-refractivity contribution in [2.75, 3.05) is 17.6 Å². The molecule has 0 aromatic heterocycles. The van der Waals surface area contributed by atoms with Crippen molar-refractivity contribution < 1.29 is 0 Å². The number of alkyl halides is 3. The summed E-state index contributed by atoms with van der Waals surface area (Å²) in [5.41, 5.74) is 0. The summed E-state index contributed by atoms with van der Waals surface area (Å²) in [6.07, 6.45) is 0. The third kappa shape index (κ3) is 300. The van der Waals surface area contributed by atoms with Crippen LogP contribution in [0.3, 0.4) is 0 Å². The van der Waals surface area contributed by atoms with E-state index in [4.69, 9.17) is 34.8 Å².